The van der Waals surface area contributed by atoms with E-state index in [2.05, 4.69) is 12.2 Å². The number of methoxy groups -OCH3 is 1. The number of unbranched alkanes of at least 4 members (excludes halogenated alkanes) is 2. The van der Waals surface area contributed by atoms with Crippen LogP contribution in [0.1, 0.15) is 64.4 Å². The van der Waals surface area contributed by atoms with Crippen LogP contribution in [0.15, 0.2) is 29.2 Å². The van der Waals surface area contributed by atoms with Crippen molar-refractivity contribution in [1.29, 1.82) is 0 Å². The molecule has 6 nitrogen and oxygen atoms in total. The van der Waals surface area contributed by atoms with Gasteiger partial charge in [0.2, 0.25) is 15.9 Å². The van der Waals surface area contributed by atoms with E-state index in [1.807, 2.05) is 6.92 Å². The largest absolute Gasteiger partial charge is 0.495 e. The summed E-state index contributed by atoms with van der Waals surface area (Å²) in [5, 5.41) is 2.95. The minimum Gasteiger partial charge on any atom is -0.495 e. The second-order valence-corrected chi connectivity index (χ2v) is 9.52. The lowest BCUT2D eigenvalue weighted by Crippen LogP contribution is -2.35. The molecule has 0 aromatic heterocycles. The van der Waals surface area contributed by atoms with Crippen molar-refractivity contribution in [3.05, 3.63) is 29.8 Å². The third kappa shape index (κ3) is 6.85. The number of carbonyl (C=O) groups is 1. The number of benzene rings is 1. The van der Waals surface area contributed by atoms with Gasteiger partial charge in [-0.25, -0.2) is 8.42 Å². The minimum atomic E-state index is -3.62. The molecule has 1 saturated heterocycles. The van der Waals surface area contributed by atoms with Gasteiger partial charge in [0.25, 0.3) is 0 Å². The standard InChI is InChI=1S/C22H34N2O4S/c1-4-5-7-10-18(2)23-22(25)14-12-19-11-13-20(28-3)21(17-19)29(26,27)24-15-8-6-9-16-24/h11-14,17-18H,4-10,15-16H2,1-3H3,(H,23,25)/b14-12+. The number of piperidine rings is 1. The molecule has 0 saturated carbocycles. The predicted octanol–water partition coefficient (Wildman–Crippen LogP) is 3.97. The maximum atomic E-state index is 13.1. The smallest absolute Gasteiger partial charge is 0.246 e. The fourth-order valence-electron chi connectivity index (χ4n) is 3.48. The quantitative estimate of drug-likeness (QED) is 0.457. The maximum Gasteiger partial charge on any atom is 0.246 e. The monoisotopic (exact) mass is 422 g/mol. The van der Waals surface area contributed by atoms with E-state index in [4.69, 9.17) is 4.74 Å². The van der Waals surface area contributed by atoms with Crippen molar-refractivity contribution in [2.75, 3.05) is 20.2 Å². The summed E-state index contributed by atoms with van der Waals surface area (Å²) in [4.78, 5) is 12.3. The average molecular weight is 423 g/mol. The average Bonchev–Trinajstić information content (AvgIpc) is 2.73. The van der Waals surface area contributed by atoms with Crippen LogP contribution >= 0.6 is 0 Å². The molecule has 0 radical (unpaired) electrons. The number of nitrogens with one attached hydrogen (secondary N) is 1. The Kier molecular flexibility index (Phi) is 9.17. The fraction of sp³-hybridized carbons (Fsp3) is 0.591. The van der Waals surface area contributed by atoms with Crippen LogP contribution in [0.5, 0.6) is 5.75 Å². The van der Waals surface area contributed by atoms with E-state index in [0.717, 1.165) is 44.9 Å². The summed E-state index contributed by atoms with van der Waals surface area (Å²) in [6, 6.07) is 5.09. The molecule has 0 bridgehead atoms. The first-order valence-corrected chi connectivity index (χ1v) is 12.0. The highest BCUT2D eigenvalue weighted by Crippen LogP contribution is 2.29. The van der Waals surface area contributed by atoms with Gasteiger partial charge >= 0.3 is 0 Å². The van der Waals surface area contributed by atoms with Crippen molar-refractivity contribution in [3.63, 3.8) is 0 Å². The molecule has 29 heavy (non-hydrogen) atoms. The highest BCUT2D eigenvalue weighted by atomic mass is 32.2. The molecular formula is C22H34N2O4S. The van der Waals surface area contributed by atoms with Crippen LogP contribution in [0, 0.1) is 0 Å². The van der Waals surface area contributed by atoms with Gasteiger partial charge in [0.1, 0.15) is 10.6 Å². The Labute approximate surface area is 175 Å². The summed E-state index contributed by atoms with van der Waals surface area (Å²) in [5.74, 6) is 0.145. The van der Waals surface area contributed by atoms with Gasteiger partial charge in [-0.1, -0.05) is 38.7 Å². The molecule has 1 N–H and O–H groups in total. The van der Waals surface area contributed by atoms with Gasteiger partial charge < -0.3 is 10.1 Å². The van der Waals surface area contributed by atoms with Crippen LogP contribution in [-0.2, 0) is 14.8 Å². The van der Waals surface area contributed by atoms with Crippen molar-refractivity contribution < 1.29 is 17.9 Å². The molecule has 1 heterocycles. The van der Waals surface area contributed by atoms with Gasteiger partial charge in [-0.15, -0.1) is 0 Å². The molecule has 1 aliphatic heterocycles. The molecule has 2 rings (SSSR count). The molecule has 1 atom stereocenters. The van der Waals surface area contributed by atoms with Crippen molar-refractivity contribution in [2.24, 2.45) is 0 Å². The van der Waals surface area contributed by atoms with Crippen LogP contribution in [0.4, 0.5) is 0 Å². The van der Waals surface area contributed by atoms with Crippen LogP contribution in [0.25, 0.3) is 6.08 Å². The van der Waals surface area contributed by atoms with Crippen LogP contribution in [0.3, 0.4) is 0 Å². The Bertz CT molecular complexity index is 799. The molecule has 0 spiro atoms. The first-order chi connectivity index (χ1) is 13.9. The Balaban J connectivity index is 2.11. The zero-order chi connectivity index (χ0) is 21.3. The number of rotatable bonds is 10. The molecule has 0 aliphatic carbocycles. The lowest BCUT2D eigenvalue weighted by Gasteiger charge is -2.26. The molecule has 162 valence electrons. The van der Waals surface area contributed by atoms with Gasteiger partial charge in [0, 0.05) is 25.2 Å². The third-order valence-electron chi connectivity index (χ3n) is 5.18. The summed E-state index contributed by atoms with van der Waals surface area (Å²) >= 11 is 0. The van der Waals surface area contributed by atoms with Crippen molar-refractivity contribution in [1.82, 2.24) is 9.62 Å². The summed E-state index contributed by atoms with van der Waals surface area (Å²) in [6.45, 7) is 5.21. The molecule has 1 fully saturated rings. The number of hydrogen-bond acceptors (Lipinski definition) is 4. The molecule has 1 aromatic carbocycles. The summed E-state index contributed by atoms with van der Waals surface area (Å²) in [5.41, 5.74) is 0.648. The molecule has 1 aromatic rings. The Morgan fingerprint density at radius 3 is 2.62 bits per heavy atom. The van der Waals surface area contributed by atoms with E-state index < -0.39 is 10.0 Å². The third-order valence-corrected chi connectivity index (χ3v) is 7.10. The number of nitrogens with zero attached hydrogens (tertiary/aromatic N) is 1. The van der Waals surface area contributed by atoms with E-state index in [-0.39, 0.29) is 16.8 Å². The Hall–Kier alpha value is -1.86. The van der Waals surface area contributed by atoms with Gasteiger partial charge in [0.05, 0.1) is 7.11 Å². The van der Waals surface area contributed by atoms with Gasteiger partial charge in [0.15, 0.2) is 0 Å². The van der Waals surface area contributed by atoms with Crippen LogP contribution < -0.4 is 10.1 Å². The highest BCUT2D eigenvalue weighted by molar-refractivity contribution is 7.89. The summed E-state index contributed by atoms with van der Waals surface area (Å²) in [6.07, 6.45) is 10.3. The van der Waals surface area contributed by atoms with Crippen molar-refractivity contribution in [3.8, 4) is 5.75 Å². The van der Waals surface area contributed by atoms with Crippen LogP contribution in [-0.4, -0.2) is 44.9 Å². The van der Waals surface area contributed by atoms with Gasteiger partial charge in [-0.3, -0.25) is 4.79 Å². The topological polar surface area (TPSA) is 75.7 Å². The van der Waals surface area contributed by atoms with E-state index >= 15 is 0 Å². The first-order valence-electron chi connectivity index (χ1n) is 10.5. The Morgan fingerprint density at radius 1 is 1.24 bits per heavy atom. The lowest BCUT2D eigenvalue weighted by molar-refractivity contribution is -0.117. The maximum absolute atomic E-state index is 13.1. The second-order valence-electron chi connectivity index (χ2n) is 7.61. The number of sulfonamides is 1. The lowest BCUT2D eigenvalue weighted by atomic mass is 10.1. The molecular weight excluding hydrogens is 388 g/mol. The van der Waals surface area contributed by atoms with E-state index in [9.17, 15) is 13.2 Å². The molecule has 7 heteroatoms. The van der Waals surface area contributed by atoms with Gasteiger partial charge in [-0.05, 0) is 50.0 Å². The number of amides is 1. The number of ether oxygens (including phenoxy) is 1. The molecule has 1 unspecified atom stereocenters. The van der Waals surface area contributed by atoms with Gasteiger partial charge in [-0.2, -0.15) is 4.31 Å². The minimum absolute atomic E-state index is 0.115. The second kappa shape index (κ2) is 11.4. The predicted molar refractivity (Wildman–Crippen MR) is 116 cm³/mol. The van der Waals surface area contributed by atoms with E-state index in [0.29, 0.717) is 24.4 Å². The fourth-order valence-corrected chi connectivity index (χ4v) is 5.19. The van der Waals surface area contributed by atoms with Crippen LogP contribution in [0.2, 0.25) is 0 Å². The molecule has 1 aliphatic rings. The van der Waals surface area contributed by atoms with E-state index in [1.165, 1.54) is 17.5 Å². The Morgan fingerprint density at radius 2 is 1.97 bits per heavy atom. The van der Waals surface area contributed by atoms with Crippen molar-refractivity contribution >= 4 is 22.0 Å². The first kappa shape index (κ1) is 23.4. The zero-order valence-corrected chi connectivity index (χ0v) is 18.6. The van der Waals surface area contributed by atoms with Crippen molar-refractivity contribution in [2.45, 2.75) is 69.7 Å². The zero-order valence-electron chi connectivity index (χ0n) is 17.8. The SMILES string of the molecule is CCCCCC(C)NC(=O)/C=C/c1ccc(OC)c(S(=O)(=O)N2CCCCC2)c1. The van der Waals surface area contributed by atoms with E-state index in [1.54, 1.807) is 24.3 Å². The summed E-state index contributed by atoms with van der Waals surface area (Å²) < 4.78 is 33.0. The number of carbonyl (C=O) groups excluding carboxylic acids is 1. The normalized spacial score (nSPS) is 16.7. The molecule has 1 amide bonds. The highest BCUT2D eigenvalue weighted by Gasteiger charge is 2.29. The number of hydrogen-bond donors (Lipinski definition) is 1. The summed E-state index contributed by atoms with van der Waals surface area (Å²) in [7, 11) is -2.16.